The van der Waals surface area contributed by atoms with E-state index in [4.69, 9.17) is 9.72 Å². The van der Waals surface area contributed by atoms with Crippen LogP contribution in [-0.2, 0) is 11.2 Å². The van der Waals surface area contributed by atoms with Crippen molar-refractivity contribution in [3.05, 3.63) is 77.6 Å². The number of benzene rings is 2. The highest BCUT2D eigenvalue weighted by molar-refractivity contribution is 7.12. The largest absolute Gasteiger partial charge is 0.494 e. The average Bonchev–Trinajstić information content (AvgIpc) is 3.37. The van der Waals surface area contributed by atoms with Gasteiger partial charge in [-0.05, 0) is 31.5 Å². The van der Waals surface area contributed by atoms with Crippen molar-refractivity contribution in [2.45, 2.75) is 20.3 Å². The molecule has 2 aromatic heterocycles. The zero-order chi connectivity index (χ0) is 20.9. The van der Waals surface area contributed by atoms with E-state index in [-0.39, 0.29) is 12.3 Å². The predicted octanol–water partition coefficient (Wildman–Crippen LogP) is 4.88. The Kier molecular flexibility index (Phi) is 5.90. The molecule has 0 radical (unpaired) electrons. The first-order chi connectivity index (χ1) is 14.6. The van der Waals surface area contributed by atoms with Crippen LogP contribution in [0.3, 0.4) is 0 Å². The molecular formula is C23H22N4O2S. The number of aromatic nitrogens is 3. The van der Waals surface area contributed by atoms with Crippen molar-refractivity contribution >= 4 is 23.1 Å². The van der Waals surface area contributed by atoms with E-state index in [2.05, 4.69) is 10.3 Å². The number of imidazole rings is 1. The third-order valence-corrected chi connectivity index (χ3v) is 5.38. The zero-order valence-corrected chi connectivity index (χ0v) is 17.6. The molecular weight excluding hydrogens is 396 g/mol. The molecule has 0 aliphatic carbocycles. The minimum atomic E-state index is -0.111. The van der Waals surface area contributed by atoms with Crippen molar-refractivity contribution in [1.82, 2.24) is 14.5 Å². The van der Waals surface area contributed by atoms with Gasteiger partial charge in [0.05, 0.1) is 24.9 Å². The van der Waals surface area contributed by atoms with Crippen molar-refractivity contribution in [3.8, 4) is 22.1 Å². The Morgan fingerprint density at radius 3 is 2.63 bits per heavy atom. The third-order valence-electron chi connectivity index (χ3n) is 4.56. The summed E-state index contributed by atoms with van der Waals surface area (Å²) in [4.78, 5) is 21.7. The molecule has 0 saturated heterocycles. The molecule has 30 heavy (non-hydrogen) atoms. The minimum absolute atomic E-state index is 0.111. The summed E-state index contributed by atoms with van der Waals surface area (Å²) in [6.45, 7) is 4.45. The fourth-order valence-corrected chi connectivity index (χ4v) is 4.02. The zero-order valence-electron chi connectivity index (χ0n) is 16.8. The van der Waals surface area contributed by atoms with E-state index in [9.17, 15) is 4.79 Å². The van der Waals surface area contributed by atoms with Crippen molar-refractivity contribution in [3.63, 3.8) is 0 Å². The molecule has 7 heteroatoms. The van der Waals surface area contributed by atoms with Crippen LogP contribution < -0.4 is 10.1 Å². The minimum Gasteiger partial charge on any atom is -0.494 e. The number of hydrogen-bond donors (Lipinski definition) is 1. The van der Waals surface area contributed by atoms with Gasteiger partial charge in [-0.15, -0.1) is 11.3 Å². The number of amides is 1. The maximum Gasteiger partial charge on any atom is 0.229 e. The molecule has 1 N–H and O–H groups in total. The summed E-state index contributed by atoms with van der Waals surface area (Å²) in [6.07, 6.45) is 1.93. The molecule has 152 valence electrons. The van der Waals surface area contributed by atoms with Gasteiger partial charge in [-0.2, -0.15) is 0 Å². The van der Waals surface area contributed by atoms with Gasteiger partial charge >= 0.3 is 0 Å². The van der Waals surface area contributed by atoms with Gasteiger partial charge in [0.2, 0.25) is 5.91 Å². The number of carbonyl (C=O) groups excluding carboxylic acids is 1. The monoisotopic (exact) mass is 418 g/mol. The Morgan fingerprint density at radius 2 is 1.90 bits per heavy atom. The van der Waals surface area contributed by atoms with E-state index >= 15 is 0 Å². The SMILES string of the molecule is CCOc1ccc(CC(=O)Nc2cnc(C)n2-c2nc(-c3ccccc3)cs2)cc1. The summed E-state index contributed by atoms with van der Waals surface area (Å²) in [5.41, 5.74) is 2.87. The Balaban J connectivity index is 1.50. The predicted molar refractivity (Wildman–Crippen MR) is 119 cm³/mol. The van der Waals surface area contributed by atoms with Crippen molar-refractivity contribution in [2.75, 3.05) is 11.9 Å². The molecule has 0 unspecified atom stereocenters. The lowest BCUT2D eigenvalue weighted by Crippen LogP contribution is -2.17. The molecule has 1 amide bonds. The summed E-state index contributed by atoms with van der Waals surface area (Å²) < 4.78 is 7.31. The third kappa shape index (κ3) is 4.41. The maximum atomic E-state index is 12.6. The Bertz CT molecular complexity index is 1130. The quantitative estimate of drug-likeness (QED) is 0.464. The van der Waals surface area contributed by atoms with Gasteiger partial charge in [-0.1, -0.05) is 42.5 Å². The van der Waals surface area contributed by atoms with Crippen LogP contribution in [0, 0.1) is 6.92 Å². The highest BCUT2D eigenvalue weighted by Crippen LogP contribution is 2.27. The lowest BCUT2D eigenvalue weighted by atomic mass is 10.1. The highest BCUT2D eigenvalue weighted by atomic mass is 32.1. The summed E-state index contributed by atoms with van der Waals surface area (Å²) in [7, 11) is 0. The smallest absolute Gasteiger partial charge is 0.229 e. The summed E-state index contributed by atoms with van der Waals surface area (Å²) in [5.74, 6) is 2.06. The number of ether oxygens (including phenoxy) is 1. The maximum absolute atomic E-state index is 12.6. The van der Waals surface area contributed by atoms with Gasteiger partial charge in [-0.3, -0.25) is 9.36 Å². The summed E-state index contributed by atoms with van der Waals surface area (Å²) in [6, 6.07) is 17.6. The summed E-state index contributed by atoms with van der Waals surface area (Å²) >= 11 is 1.51. The number of nitrogens with one attached hydrogen (secondary N) is 1. The van der Waals surface area contributed by atoms with Gasteiger partial charge < -0.3 is 10.1 Å². The molecule has 0 atom stereocenters. The molecule has 0 aliphatic rings. The van der Waals surface area contributed by atoms with Gasteiger partial charge in [0, 0.05) is 10.9 Å². The van der Waals surface area contributed by atoms with Gasteiger partial charge in [0.1, 0.15) is 17.4 Å². The van der Waals surface area contributed by atoms with Crippen LogP contribution in [0.2, 0.25) is 0 Å². The highest BCUT2D eigenvalue weighted by Gasteiger charge is 2.15. The van der Waals surface area contributed by atoms with Crippen LogP contribution in [0.15, 0.2) is 66.2 Å². The first-order valence-electron chi connectivity index (χ1n) is 9.71. The number of rotatable bonds is 7. The molecule has 2 aromatic carbocycles. The Morgan fingerprint density at radius 1 is 1.13 bits per heavy atom. The Labute approximate surface area is 179 Å². The lowest BCUT2D eigenvalue weighted by molar-refractivity contribution is -0.115. The molecule has 0 fully saturated rings. The first kappa shape index (κ1) is 19.8. The molecule has 2 heterocycles. The second-order valence-corrected chi connectivity index (χ2v) is 7.55. The first-order valence-corrected chi connectivity index (χ1v) is 10.6. The standard InChI is InChI=1S/C23H22N4O2S/c1-3-29-19-11-9-17(10-12-19)13-22(28)26-21-14-24-16(2)27(21)23-25-20(15-30-23)18-7-5-4-6-8-18/h4-12,14-15H,3,13H2,1-2H3,(H,26,28). The molecule has 0 saturated carbocycles. The average molecular weight is 419 g/mol. The normalized spacial score (nSPS) is 10.7. The second kappa shape index (κ2) is 8.92. The van der Waals surface area contributed by atoms with Crippen LogP contribution in [0.4, 0.5) is 5.82 Å². The van der Waals surface area contributed by atoms with E-state index in [0.29, 0.717) is 12.4 Å². The molecule has 4 aromatic rings. The Hall–Kier alpha value is -3.45. The van der Waals surface area contributed by atoms with E-state index in [0.717, 1.165) is 33.5 Å². The van der Waals surface area contributed by atoms with E-state index < -0.39 is 0 Å². The van der Waals surface area contributed by atoms with Gasteiger partial charge in [-0.25, -0.2) is 9.97 Å². The van der Waals surface area contributed by atoms with Crippen molar-refractivity contribution in [2.24, 2.45) is 0 Å². The van der Waals surface area contributed by atoms with Crippen LogP contribution in [0.1, 0.15) is 18.3 Å². The molecule has 4 rings (SSSR count). The van der Waals surface area contributed by atoms with Crippen LogP contribution in [0.5, 0.6) is 5.75 Å². The molecule has 0 aliphatic heterocycles. The van der Waals surface area contributed by atoms with Crippen LogP contribution in [0.25, 0.3) is 16.4 Å². The lowest BCUT2D eigenvalue weighted by Gasteiger charge is -2.09. The van der Waals surface area contributed by atoms with E-state index in [1.54, 1.807) is 6.20 Å². The van der Waals surface area contributed by atoms with Crippen LogP contribution >= 0.6 is 11.3 Å². The van der Waals surface area contributed by atoms with Gasteiger partial charge in [0.15, 0.2) is 5.13 Å². The second-order valence-electron chi connectivity index (χ2n) is 6.71. The number of anilines is 1. The fraction of sp³-hybridized carbons (Fsp3) is 0.174. The van der Waals surface area contributed by atoms with E-state index in [1.165, 1.54) is 11.3 Å². The topological polar surface area (TPSA) is 69.0 Å². The van der Waals surface area contributed by atoms with Gasteiger partial charge in [0.25, 0.3) is 0 Å². The molecule has 0 bridgehead atoms. The van der Waals surface area contributed by atoms with Crippen molar-refractivity contribution in [1.29, 1.82) is 0 Å². The van der Waals surface area contributed by atoms with E-state index in [1.807, 2.05) is 78.4 Å². The number of aryl methyl sites for hydroxylation is 1. The van der Waals surface area contributed by atoms with Crippen LogP contribution in [-0.4, -0.2) is 27.0 Å². The number of carbonyl (C=O) groups is 1. The molecule has 6 nitrogen and oxygen atoms in total. The fourth-order valence-electron chi connectivity index (χ4n) is 3.13. The molecule has 0 spiro atoms. The number of thiazole rings is 1. The van der Waals surface area contributed by atoms with Crippen molar-refractivity contribution < 1.29 is 9.53 Å². The number of hydrogen-bond acceptors (Lipinski definition) is 5. The number of nitrogens with zero attached hydrogens (tertiary/aromatic N) is 3. The summed E-state index contributed by atoms with van der Waals surface area (Å²) in [5, 5.41) is 5.74.